The van der Waals surface area contributed by atoms with Gasteiger partial charge in [0, 0.05) is 0 Å². The molecule has 1 N–H and O–H groups in total. The highest BCUT2D eigenvalue weighted by molar-refractivity contribution is 5.85. The van der Waals surface area contributed by atoms with Crippen LogP contribution >= 0.6 is 12.4 Å². The average molecular weight is 277 g/mol. The van der Waals surface area contributed by atoms with Crippen LogP contribution in [0.15, 0.2) is 54.6 Å². The molecule has 3 heteroatoms. The van der Waals surface area contributed by atoms with Gasteiger partial charge in [-0.05, 0) is 41.8 Å². The van der Waals surface area contributed by atoms with Crippen molar-refractivity contribution >= 4 is 18.5 Å². The molecule has 0 spiro atoms. The molecule has 0 aliphatic carbocycles. The molecule has 0 saturated carbocycles. The van der Waals surface area contributed by atoms with E-state index in [2.05, 4.69) is 18.2 Å². The lowest BCUT2D eigenvalue weighted by Gasteiger charge is -2.00. The Balaban J connectivity index is 0.00000180. The third kappa shape index (κ3) is 4.68. The Morgan fingerprint density at radius 3 is 2.21 bits per heavy atom. The van der Waals surface area contributed by atoms with Gasteiger partial charge < -0.3 is 9.84 Å². The first-order valence-corrected chi connectivity index (χ1v) is 5.86. The number of allylic oxidation sites excluding steroid dienone is 1. The third-order valence-corrected chi connectivity index (χ3v) is 2.72. The molecule has 0 unspecified atom stereocenters. The summed E-state index contributed by atoms with van der Waals surface area (Å²) in [6.07, 6.45) is 5.03. The molecule has 2 nitrogen and oxygen atoms in total. The molecule has 0 amide bonds. The Labute approximate surface area is 119 Å². The highest BCUT2D eigenvalue weighted by Crippen LogP contribution is 2.13. The second-order valence-corrected chi connectivity index (χ2v) is 4.05. The number of phenolic OH excluding ortho intramolecular Hbond substituents is 1. The van der Waals surface area contributed by atoms with Gasteiger partial charge in [0.1, 0.15) is 11.5 Å². The fourth-order valence-electron chi connectivity index (χ4n) is 1.68. The first-order chi connectivity index (χ1) is 8.78. The number of phenols is 1. The minimum atomic E-state index is 0. The first kappa shape index (κ1) is 15.1. The Morgan fingerprint density at radius 1 is 1.00 bits per heavy atom. The number of halogens is 1. The van der Waals surface area contributed by atoms with Crippen molar-refractivity contribution in [1.29, 1.82) is 0 Å². The Bertz CT molecular complexity index is 515. The number of ether oxygens (including phenoxy) is 1. The molecule has 2 aromatic rings. The van der Waals surface area contributed by atoms with E-state index >= 15 is 0 Å². The van der Waals surface area contributed by atoms with Gasteiger partial charge in [-0.25, -0.2) is 0 Å². The molecule has 0 saturated heterocycles. The highest BCUT2D eigenvalue weighted by Gasteiger charge is 1.92. The van der Waals surface area contributed by atoms with Crippen LogP contribution in [0.3, 0.4) is 0 Å². The number of methoxy groups -OCH3 is 1. The molecule has 19 heavy (non-hydrogen) atoms. The van der Waals surface area contributed by atoms with E-state index < -0.39 is 0 Å². The van der Waals surface area contributed by atoms with Gasteiger partial charge in [0.15, 0.2) is 0 Å². The Morgan fingerprint density at radius 2 is 1.63 bits per heavy atom. The van der Waals surface area contributed by atoms with Crippen LogP contribution in [-0.2, 0) is 6.42 Å². The molecule has 0 aromatic heterocycles. The van der Waals surface area contributed by atoms with Crippen molar-refractivity contribution in [3.8, 4) is 11.5 Å². The standard InChI is InChI=1S/C16H16O2.ClH/c1-18-16-11-7-14(8-12-16)4-2-3-13-5-9-15(17)10-6-13;/h2-3,5-12,17H,4H2,1H3;1H. The van der Waals surface area contributed by atoms with Crippen molar-refractivity contribution in [1.82, 2.24) is 0 Å². The Hall–Kier alpha value is -1.93. The summed E-state index contributed by atoms with van der Waals surface area (Å²) < 4.78 is 5.11. The first-order valence-electron chi connectivity index (χ1n) is 5.86. The molecular weight excluding hydrogens is 260 g/mol. The number of benzene rings is 2. The molecule has 2 aromatic carbocycles. The second-order valence-electron chi connectivity index (χ2n) is 4.05. The van der Waals surface area contributed by atoms with E-state index in [0.717, 1.165) is 17.7 Å². The van der Waals surface area contributed by atoms with E-state index in [9.17, 15) is 5.11 Å². The van der Waals surface area contributed by atoms with E-state index in [1.807, 2.05) is 30.3 Å². The lowest BCUT2D eigenvalue weighted by Crippen LogP contribution is -1.84. The lowest BCUT2D eigenvalue weighted by atomic mass is 10.1. The topological polar surface area (TPSA) is 29.5 Å². The molecule has 0 aliphatic heterocycles. The number of hydrogen-bond acceptors (Lipinski definition) is 2. The van der Waals surface area contributed by atoms with Crippen molar-refractivity contribution in [2.45, 2.75) is 6.42 Å². The van der Waals surface area contributed by atoms with E-state index in [-0.39, 0.29) is 12.4 Å². The fraction of sp³-hybridized carbons (Fsp3) is 0.125. The van der Waals surface area contributed by atoms with Crippen LogP contribution < -0.4 is 4.74 Å². The summed E-state index contributed by atoms with van der Waals surface area (Å²) >= 11 is 0. The molecule has 0 atom stereocenters. The van der Waals surface area contributed by atoms with Gasteiger partial charge in [-0.15, -0.1) is 12.4 Å². The summed E-state index contributed by atoms with van der Waals surface area (Å²) in [7, 11) is 1.67. The van der Waals surface area contributed by atoms with Crippen LogP contribution in [-0.4, -0.2) is 12.2 Å². The predicted octanol–water partition coefficient (Wildman–Crippen LogP) is 4.08. The highest BCUT2D eigenvalue weighted by atomic mass is 35.5. The van der Waals surface area contributed by atoms with Gasteiger partial charge in [-0.1, -0.05) is 36.4 Å². The molecule has 0 radical (unpaired) electrons. The normalized spacial score (nSPS) is 10.2. The zero-order chi connectivity index (χ0) is 12.8. The predicted molar refractivity (Wildman–Crippen MR) is 81.1 cm³/mol. The maximum atomic E-state index is 9.17. The van der Waals surface area contributed by atoms with Crippen LogP contribution in [0.25, 0.3) is 6.08 Å². The van der Waals surface area contributed by atoms with Gasteiger partial charge in [0.2, 0.25) is 0 Å². The van der Waals surface area contributed by atoms with Crippen molar-refractivity contribution < 1.29 is 9.84 Å². The van der Waals surface area contributed by atoms with Crippen LogP contribution in [0.4, 0.5) is 0 Å². The summed E-state index contributed by atoms with van der Waals surface area (Å²) in [4.78, 5) is 0. The summed E-state index contributed by atoms with van der Waals surface area (Å²) in [6.45, 7) is 0. The van der Waals surface area contributed by atoms with Crippen LogP contribution in [0.5, 0.6) is 11.5 Å². The third-order valence-electron chi connectivity index (χ3n) is 2.72. The van der Waals surface area contributed by atoms with Gasteiger partial charge in [0.25, 0.3) is 0 Å². The summed E-state index contributed by atoms with van der Waals surface area (Å²) in [5, 5.41) is 9.17. The van der Waals surface area contributed by atoms with E-state index in [1.165, 1.54) is 5.56 Å². The number of aromatic hydroxyl groups is 1. The fourth-order valence-corrected chi connectivity index (χ4v) is 1.68. The molecule has 0 fully saturated rings. The lowest BCUT2D eigenvalue weighted by molar-refractivity contribution is 0.414. The average Bonchev–Trinajstić information content (AvgIpc) is 2.42. The SMILES string of the molecule is COc1ccc(CC=Cc2ccc(O)cc2)cc1.Cl. The van der Waals surface area contributed by atoms with E-state index in [4.69, 9.17) is 4.74 Å². The number of rotatable bonds is 4. The van der Waals surface area contributed by atoms with Crippen LogP contribution in [0.1, 0.15) is 11.1 Å². The molecule has 0 bridgehead atoms. The van der Waals surface area contributed by atoms with E-state index in [1.54, 1.807) is 19.2 Å². The van der Waals surface area contributed by atoms with Crippen LogP contribution in [0, 0.1) is 0 Å². The van der Waals surface area contributed by atoms with Gasteiger partial charge in [-0.3, -0.25) is 0 Å². The van der Waals surface area contributed by atoms with E-state index in [0.29, 0.717) is 5.75 Å². The largest absolute Gasteiger partial charge is 0.508 e. The molecule has 0 heterocycles. The smallest absolute Gasteiger partial charge is 0.118 e. The summed E-state index contributed by atoms with van der Waals surface area (Å²) in [5.74, 6) is 1.17. The maximum Gasteiger partial charge on any atom is 0.118 e. The molecule has 100 valence electrons. The molecule has 2 rings (SSSR count). The minimum absolute atomic E-state index is 0. The minimum Gasteiger partial charge on any atom is -0.508 e. The van der Waals surface area contributed by atoms with Crippen molar-refractivity contribution in [2.24, 2.45) is 0 Å². The zero-order valence-electron chi connectivity index (χ0n) is 10.7. The van der Waals surface area contributed by atoms with Crippen molar-refractivity contribution in [3.05, 3.63) is 65.7 Å². The van der Waals surface area contributed by atoms with Gasteiger partial charge in [0.05, 0.1) is 7.11 Å². The Kier molecular flexibility index (Phi) is 5.97. The summed E-state index contributed by atoms with van der Waals surface area (Å²) in [6, 6.07) is 15.2. The second kappa shape index (κ2) is 7.49. The zero-order valence-corrected chi connectivity index (χ0v) is 11.6. The van der Waals surface area contributed by atoms with Gasteiger partial charge in [-0.2, -0.15) is 0 Å². The molecular formula is C16H17ClO2. The quantitative estimate of drug-likeness (QED) is 0.912. The van der Waals surface area contributed by atoms with Gasteiger partial charge >= 0.3 is 0 Å². The van der Waals surface area contributed by atoms with Crippen molar-refractivity contribution in [2.75, 3.05) is 7.11 Å². The monoisotopic (exact) mass is 276 g/mol. The maximum absolute atomic E-state index is 9.17. The molecule has 0 aliphatic rings. The summed E-state index contributed by atoms with van der Waals surface area (Å²) in [5.41, 5.74) is 2.33. The van der Waals surface area contributed by atoms with Crippen LogP contribution in [0.2, 0.25) is 0 Å². The number of hydrogen-bond donors (Lipinski definition) is 1. The van der Waals surface area contributed by atoms with Crippen molar-refractivity contribution in [3.63, 3.8) is 0 Å².